The number of alkyl halides is 2. The van der Waals surface area contributed by atoms with Gasteiger partial charge in [0.25, 0.3) is 5.85 Å². The molecule has 0 unspecified atom stereocenters. The zero-order valence-corrected chi connectivity index (χ0v) is 22.0. The van der Waals surface area contributed by atoms with Gasteiger partial charge in [0.05, 0.1) is 10.8 Å². The number of aromatic nitrogens is 3. The molecule has 0 aliphatic carbocycles. The van der Waals surface area contributed by atoms with Crippen molar-refractivity contribution < 1.29 is 50.7 Å². The zero-order chi connectivity index (χ0) is 28.2. The van der Waals surface area contributed by atoms with E-state index >= 15 is 4.39 Å². The lowest BCUT2D eigenvalue weighted by atomic mass is 9.98. The smallest absolute Gasteiger partial charge is 0.437 e. The number of ether oxygens (including phenoxy) is 3. The molecule has 37 heavy (non-hydrogen) atoms. The average Bonchev–Trinajstić information content (AvgIpc) is 3.05. The molecule has 2 rings (SSSR count). The van der Waals surface area contributed by atoms with Crippen LogP contribution in [-0.4, -0.2) is 58.7 Å². The van der Waals surface area contributed by atoms with E-state index in [0.717, 1.165) is 6.33 Å². The van der Waals surface area contributed by atoms with E-state index in [4.69, 9.17) is 27.8 Å². The van der Waals surface area contributed by atoms with Gasteiger partial charge in [0.15, 0.2) is 6.17 Å². The molecule has 1 N–H and O–H groups in total. The molecule has 17 heteroatoms. The third-order valence-electron chi connectivity index (χ3n) is 4.71. The van der Waals surface area contributed by atoms with Crippen LogP contribution in [0.5, 0.6) is 0 Å². The Morgan fingerprint density at radius 3 is 2.08 bits per heavy atom. The maximum Gasteiger partial charge on any atom is 0.480 e. The first kappa shape index (κ1) is 30.7. The summed E-state index contributed by atoms with van der Waals surface area (Å²) in [5.41, 5.74) is -3.88. The first-order valence-electron chi connectivity index (χ1n) is 10.9. The molecule has 0 aromatic carbocycles. The lowest BCUT2D eigenvalue weighted by molar-refractivity contribution is -0.197. The van der Waals surface area contributed by atoms with Crippen molar-refractivity contribution in [3.63, 3.8) is 0 Å². The summed E-state index contributed by atoms with van der Waals surface area (Å²) in [4.78, 5) is 52.0. The van der Waals surface area contributed by atoms with Gasteiger partial charge in [0, 0.05) is 6.42 Å². The summed E-state index contributed by atoms with van der Waals surface area (Å²) in [6.45, 7) is 5.96. The van der Waals surface area contributed by atoms with E-state index in [9.17, 15) is 28.1 Å². The van der Waals surface area contributed by atoms with Crippen molar-refractivity contribution in [1.82, 2.24) is 14.5 Å². The fourth-order valence-corrected chi connectivity index (χ4v) is 3.48. The van der Waals surface area contributed by atoms with Gasteiger partial charge in [-0.2, -0.15) is 4.98 Å². The molecule has 210 valence electrons. The molecule has 0 saturated carbocycles. The van der Waals surface area contributed by atoms with Crippen LogP contribution in [0.4, 0.5) is 8.78 Å². The molecule has 1 aliphatic rings. The number of nitrogens with one attached hydrogen (secondary N) is 1. The van der Waals surface area contributed by atoms with Crippen LogP contribution >= 0.6 is 7.82 Å². The van der Waals surface area contributed by atoms with Crippen molar-refractivity contribution in [1.29, 1.82) is 0 Å². The van der Waals surface area contributed by atoms with Crippen molar-refractivity contribution in [3.8, 4) is 0 Å². The average molecular weight is 557 g/mol. The Bertz CT molecular complexity index is 1110. The molecule has 1 aromatic heterocycles. The summed E-state index contributed by atoms with van der Waals surface area (Å²) in [5.74, 6) is -4.73. The maximum atomic E-state index is 15.3. The number of phosphoric ester groups is 1. The minimum atomic E-state index is -4.84. The number of H-pyrrole nitrogens is 1. The number of halogens is 2. The number of nitrogens with zero attached hydrogens (tertiary/aromatic N) is 2. The van der Waals surface area contributed by atoms with Gasteiger partial charge >= 0.3 is 31.1 Å². The van der Waals surface area contributed by atoms with E-state index in [1.807, 2.05) is 4.98 Å². The van der Waals surface area contributed by atoms with Crippen molar-refractivity contribution in [2.24, 2.45) is 10.8 Å². The minimum Gasteiger partial charge on any atom is -0.437 e. The van der Waals surface area contributed by atoms with Gasteiger partial charge in [-0.05, 0) is 41.5 Å². The van der Waals surface area contributed by atoms with Crippen LogP contribution in [-0.2, 0) is 41.9 Å². The number of carbonyl (C=O) groups excluding carboxylic acids is 2. The first-order valence-corrected chi connectivity index (χ1v) is 12.4. The molecule has 0 amide bonds. The van der Waals surface area contributed by atoms with Gasteiger partial charge < -0.3 is 14.2 Å². The highest BCUT2D eigenvalue weighted by Gasteiger charge is 2.53. The molecule has 2 heterocycles. The third kappa shape index (κ3) is 8.50. The van der Waals surface area contributed by atoms with E-state index in [-0.39, 0.29) is 0 Å². The van der Waals surface area contributed by atoms with E-state index in [1.54, 1.807) is 41.5 Å². The van der Waals surface area contributed by atoms with Crippen LogP contribution in [0.1, 0.15) is 54.2 Å². The second-order valence-corrected chi connectivity index (χ2v) is 11.7. The lowest BCUT2D eigenvalue weighted by Crippen LogP contribution is -2.38. The van der Waals surface area contributed by atoms with Crippen LogP contribution in [0.15, 0.2) is 15.9 Å². The molecule has 1 aromatic rings. The normalized spacial score (nSPS) is 22.6. The second-order valence-electron chi connectivity index (χ2n) is 10.0. The Morgan fingerprint density at radius 1 is 1.11 bits per heavy atom. The summed E-state index contributed by atoms with van der Waals surface area (Å²) in [6.07, 6.45) is -3.86. The van der Waals surface area contributed by atoms with Gasteiger partial charge in [0.1, 0.15) is 19.2 Å². The summed E-state index contributed by atoms with van der Waals surface area (Å²) >= 11 is 0. The number of phosphoric acid groups is 1. The van der Waals surface area contributed by atoms with Crippen LogP contribution < -0.4 is 11.4 Å². The molecular formula is C20H30F2N3O11P. The van der Waals surface area contributed by atoms with Crippen molar-refractivity contribution in [2.75, 3.05) is 20.2 Å². The molecule has 3 atom stereocenters. The SMILES string of the molecule is CC(C)(C)C(=O)OCOP(=O)(OCOC(=O)C(C)(C)C)OC[C@@]1(F)O[C@@H](n2cnc(=O)[nH]c2=O)C[C@@H]1F. The fourth-order valence-electron chi connectivity index (χ4n) is 2.56. The Balaban J connectivity index is 2.11. The number of aromatic amines is 1. The maximum absolute atomic E-state index is 15.3. The molecule has 0 radical (unpaired) electrons. The van der Waals surface area contributed by atoms with Crippen molar-refractivity contribution >= 4 is 19.8 Å². The van der Waals surface area contributed by atoms with E-state index in [0.29, 0.717) is 4.57 Å². The molecule has 1 aliphatic heterocycles. The highest BCUT2D eigenvalue weighted by atomic mass is 31.2. The Hall–Kier alpha value is -2.52. The number of hydrogen-bond acceptors (Lipinski definition) is 12. The van der Waals surface area contributed by atoms with Crippen LogP contribution in [0.2, 0.25) is 0 Å². The predicted octanol–water partition coefficient (Wildman–Crippen LogP) is 2.11. The highest BCUT2D eigenvalue weighted by molar-refractivity contribution is 7.48. The quantitative estimate of drug-likeness (QED) is 0.252. The second kappa shape index (κ2) is 11.5. The summed E-state index contributed by atoms with van der Waals surface area (Å²) in [5, 5.41) is 0. The molecule has 0 spiro atoms. The third-order valence-corrected chi connectivity index (χ3v) is 6.00. The largest absolute Gasteiger partial charge is 0.480 e. The Morgan fingerprint density at radius 2 is 1.62 bits per heavy atom. The van der Waals surface area contributed by atoms with Crippen LogP contribution in [0.3, 0.4) is 0 Å². The summed E-state index contributed by atoms with van der Waals surface area (Å²) in [6, 6.07) is 0. The minimum absolute atomic E-state index is 0.653. The monoisotopic (exact) mass is 557 g/mol. The zero-order valence-electron chi connectivity index (χ0n) is 21.1. The van der Waals surface area contributed by atoms with Gasteiger partial charge in [-0.3, -0.25) is 23.7 Å². The van der Waals surface area contributed by atoms with Gasteiger partial charge in [-0.25, -0.2) is 32.0 Å². The van der Waals surface area contributed by atoms with E-state index in [1.165, 1.54) is 0 Å². The van der Waals surface area contributed by atoms with Crippen LogP contribution in [0, 0.1) is 10.8 Å². The number of hydrogen-bond donors (Lipinski definition) is 1. The van der Waals surface area contributed by atoms with Gasteiger partial charge in [-0.15, -0.1) is 0 Å². The molecule has 0 bridgehead atoms. The number of rotatable bonds is 10. The highest BCUT2D eigenvalue weighted by Crippen LogP contribution is 2.52. The van der Waals surface area contributed by atoms with Crippen LogP contribution in [0.25, 0.3) is 0 Å². The van der Waals surface area contributed by atoms with Gasteiger partial charge in [-0.1, -0.05) is 0 Å². The molecular weight excluding hydrogens is 527 g/mol. The standard InChI is InChI=1S/C20H30F2N3O11P/c1-18(2,3)14(26)31-10-34-37(30,35-11-32-15(27)19(4,5)6)33-8-20(22)12(21)7-13(36-20)25-9-23-16(28)24-17(25)29/h9,12-13H,7-8,10-11H2,1-6H3,(H,24,28,29)/t12-,13+,20+/m0/s1. The topological polar surface area (TPSA) is 174 Å². The number of carbonyl (C=O) groups is 2. The number of esters is 2. The van der Waals surface area contributed by atoms with Gasteiger partial charge in [0.2, 0.25) is 13.6 Å². The first-order chi connectivity index (χ1) is 16.9. The summed E-state index contributed by atoms with van der Waals surface area (Å²) < 4.78 is 72.8. The Labute approximate surface area is 210 Å². The summed E-state index contributed by atoms with van der Waals surface area (Å²) in [7, 11) is -4.84. The molecule has 1 saturated heterocycles. The van der Waals surface area contributed by atoms with E-state index < -0.39 is 86.8 Å². The predicted molar refractivity (Wildman–Crippen MR) is 119 cm³/mol. The fraction of sp³-hybridized carbons (Fsp3) is 0.750. The van der Waals surface area contributed by atoms with Crippen molar-refractivity contribution in [3.05, 3.63) is 27.3 Å². The van der Waals surface area contributed by atoms with E-state index in [2.05, 4.69) is 4.98 Å². The molecule has 1 fully saturated rings. The van der Waals surface area contributed by atoms with Crippen molar-refractivity contribution in [2.45, 2.75) is 66.2 Å². The Kier molecular flexibility index (Phi) is 9.52. The lowest BCUT2D eigenvalue weighted by Gasteiger charge is -2.25. The molecule has 14 nitrogen and oxygen atoms in total.